The third-order valence-electron chi connectivity index (χ3n) is 0.989. The number of oxime groups is 1. The van der Waals surface area contributed by atoms with Crippen LogP contribution in [-0.4, -0.2) is 21.8 Å². The van der Waals surface area contributed by atoms with E-state index in [4.69, 9.17) is 5.21 Å². The molecule has 0 aliphatic carbocycles. The maximum atomic E-state index is 10.6. The van der Waals surface area contributed by atoms with Crippen LogP contribution in [-0.2, 0) is 4.79 Å². The summed E-state index contributed by atoms with van der Waals surface area (Å²) in [5.74, 6) is 0.694. The molecule has 0 saturated carbocycles. The molecule has 1 heterocycles. The van der Waals surface area contributed by atoms with Crippen molar-refractivity contribution in [2.45, 2.75) is 6.92 Å². The predicted octanol–water partition coefficient (Wildman–Crippen LogP) is 1.68. The first kappa shape index (κ1) is 8.67. The van der Waals surface area contributed by atoms with Crippen molar-refractivity contribution in [3.05, 3.63) is 10.3 Å². The molecular weight excluding hydrogens is 182 g/mol. The molecule has 0 unspecified atom stereocenters. The molecule has 0 amide bonds. The molecule has 0 bridgehead atoms. The summed E-state index contributed by atoms with van der Waals surface area (Å²) in [6.07, 6.45) is 1.55. The molecule has 11 heavy (non-hydrogen) atoms. The summed E-state index contributed by atoms with van der Waals surface area (Å²) in [5, 5.41) is 12.1. The Morgan fingerprint density at radius 3 is 3.00 bits per heavy atom. The summed E-state index contributed by atoms with van der Waals surface area (Å²) >= 11 is 2.86. The second-order valence-corrected chi connectivity index (χ2v) is 4.35. The Bertz CT molecular complexity index is 235. The highest BCUT2D eigenvalue weighted by Gasteiger charge is 2.16. The quantitative estimate of drug-likeness (QED) is 0.387. The lowest BCUT2D eigenvalue weighted by Crippen LogP contribution is -1.85. The van der Waals surface area contributed by atoms with Crippen LogP contribution in [0.3, 0.4) is 0 Å². The minimum atomic E-state index is 0.0270. The minimum Gasteiger partial charge on any atom is -0.410 e. The maximum absolute atomic E-state index is 10.6. The molecule has 0 aromatic carbocycles. The van der Waals surface area contributed by atoms with Crippen molar-refractivity contribution in [2.24, 2.45) is 5.16 Å². The number of carbonyl (C=O) groups excluding carboxylic acids is 1. The predicted molar refractivity (Wildman–Crippen MR) is 48.0 cm³/mol. The van der Waals surface area contributed by atoms with Gasteiger partial charge in [0.15, 0.2) is 5.78 Å². The zero-order valence-electron chi connectivity index (χ0n) is 5.90. The zero-order valence-corrected chi connectivity index (χ0v) is 7.54. The Morgan fingerprint density at radius 2 is 2.55 bits per heavy atom. The fourth-order valence-corrected chi connectivity index (χ4v) is 2.78. The first-order chi connectivity index (χ1) is 5.22. The molecule has 0 atom stereocenters. The topological polar surface area (TPSA) is 49.7 Å². The molecular formula is C6H7NO2S2. The highest BCUT2D eigenvalue weighted by molar-refractivity contribution is 8.34. The van der Waals surface area contributed by atoms with Crippen LogP contribution in [0.5, 0.6) is 0 Å². The highest BCUT2D eigenvalue weighted by Crippen LogP contribution is 2.37. The van der Waals surface area contributed by atoms with E-state index < -0.39 is 0 Å². The van der Waals surface area contributed by atoms with E-state index in [1.165, 1.54) is 30.4 Å². The molecule has 0 radical (unpaired) electrons. The second kappa shape index (κ2) is 3.82. The van der Waals surface area contributed by atoms with Gasteiger partial charge < -0.3 is 5.21 Å². The van der Waals surface area contributed by atoms with E-state index in [-0.39, 0.29) is 5.78 Å². The molecule has 3 nitrogen and oxygen atoms in total. The second-order valence-electron chi connectivity index (χ2n) is 1.96. The van der Waals surface area contributed by atoms with Crippen LogP contribution in [0.15, 0.2) is 15.5 Å². The van der Waals surface area contributed by atoms with E-state index in [9.17, 15) is 4.79 Å². The fourth-order valence-electron chi connectivity index (χ4n) is 0.594. The molecule has 0 aromatic heterocycles. The van der Waals surface area contributed by atoms with Gasteiger partial charge in [-0.25, -0.2) is 0 Å². The van der Waals surface area contributed by atoms with Gasteiger partial charge in [0.2, 0.25) is 0 Å². The smallest absolute Gasteiger partial charge is 0.154 e. The summed E-state index contributed by atoms with van der Waals surface area (Å²) in [4.78, 5) is 10.6. The average Bonchev–Trinajstić information content (AvgIpc) is 2.34. The molecule has 1 N–H and O–H groups in total. The van der Waals surface area contributed by atoms with Crippen molar-refractivity contribution in [1.82, 2.24) is 0 Å². The number of thioether (sulfide) groups is 2. The van der Waals surface area contributed by atoms with Crippen LogP contribution >= 0.6 is 23.5 Å². The highest BCUT2D eigenvalue weighted by atomic mass is 32.2. The largest absolute Gasteiger partial charge is 0.410 e. The lowest BCUT2D eigenvalue weighted by molar-refractivity contribution is -0.112. The van der Waals surface area contributed by atoms with Crippen LogP contribution in [0.25, 0.3) is 0 Å². The Labute approximate surface area is 72.9 Å². The summed E-state index contributed by atoms with van der Waals surface area (Å²) in [6, 6.07) is 0. The number of allylic oxidation sites excluding steroid dienone is 1. The van der Waals surface area contributed by atoms with Gasteiger partial charge in [0.05, 0.1) is 9.99 Å². The van der Waals surface area contributed by atoms with Gasteiger partial charge in [-0.05, 0) is 6.92 Å². The Balaban J connectivity index is 2.61. The van der Waals surface area contributed by atoms with Crippen molar-refractivity contribution in [3.63, 3.8) is 0 Å². The minimum absolute atomic E-state index is 0.0270. The van der Waals surface area contributed by atoms with Gasteiger partial charge in [-0.3, -0.25) is 4.79 Å². The number of carbonyl (C=O) groups is 1. The van der Waals surface area contributed by atoms with Gasteiger partial charge in [0.25, 0.3) is 0 Å². The van der Waals surface area contributed by atoms with Crippen molar-refractivity contribution < 1.29 is 10.0 Å². The molecule has 5 heteroatoms. The summed E-state index contributed by atoms with van der Waals surface area (Å²) in [5.41, 5.74) is 0. The molecule has 1 aliphatic rings. The third-order valence-corrected chi connectivity index (χ3v) is 3.38. The SMILES string of the molecule is CC(=O)/C=C1\SC/C(=N/O)S1. The summed E-state index contributed by atoms with van der Waals surface area (Å²) in [6.45, 7) is 1.50. The fraction of sp³-hybridized carbons (Fsp3) is 0.333. The zero-order chi connectivity index (χ0) is 8.27. The van der Waals surface area contributed by atoms with Crippen molar-refractivity contribution in [2.75, 3.05) is 5.75 Å². The normalized spacial score (nSPS) is 24.8. The summed E-state index contributed by atoms with van der Waals surface area (Å²) < 4.78 is 0.908. The molecule has 1 aliphatic heterocycles. The molecule has 1 fully saturated rings. The van der Waals surface area contributed by atoms with Gasteiger partial charge in [0.1, 0.15) is 5.04 Å². The first-order valence-electron chi connectivity index (χ1n) is 2.96. The van der Waals surface area contributed by atoms with E-state index in [1.807, 2.05) is 0 Å². The Kier molecular flexibility index (Phi) is 3.02. The average molecular weight is 189 g/mol. The van der Waals surface area contributed by atoms with Gasteiger partial charge >= 0.3 is 0 Å². The number of nitrogens with zero attached hydrogens (tertiary/aromatic N) is 1. The standard InChI is InChI=1S/C6H7NO2S2/c1-4(8)2-6-10-3-5(7-9)11-6/h2,9H,3H2,1H3/b6-2+,7-5-. The molecule has 60 valence electrons. The molecule has 1 saturated heterocycles. The van der Waals surface area contributed by atoms with E-state index in [0.717, 1.165) is 4.24 Å². The van der Waals surface area contributed by atoms with Crippen LogP contribution in [0.1, 0.15) is 6.92 Å². The van der Waals surface area contributed by atoms with Crippen LogP contribution in [0.2, 0.25) is 0 Å². The number of rotatable bonds is 1. The van der Waals surface area contributed by atoms with Crippen molar-refractivity contribution in [1.29, 1.82) is 0 Å². The lowest BCUT2D eigenvalue weighted by Gasteiger charge is -1.87. The van der Waals surface area contributed by atoms with E-state index in [2.05, 4.69) is 5.16 Å². The van der Waals surface area contributed by atoms with E-state index in [1.54, 1.807) is 6.08 Å². The maximum Gasteiger partial charge on any atom is 0.154 e. The van der Waals surface area contributed by atoms with Crippen molar-refractivity contribution in [3.8, 4) is 0 Å². The summed E-state index contributed by atoms with van der Waals surface area (Å²) in [7, 11) is 0. The van der Waals surface area contributed by atoms with Crippen molar-refractivity contribution >= 4 is 34.4 Å². The van der Waals surface area contributed by atoms with Gasteiger partial charge in [-0.15, -0.1) is 11.8 Å². The van der Waals surface area contributed by atoms with Gasteiger partial charge in [-0.2, -0.15) is 0 Å². The number of hydrogen-bond acceptors (Lipinski definition) is 5. The molecule has 0 aromatic rings. The van der Waals surface area contributed by atoms with Gasteiger partial charge in [0, 0.05) is 6.08 Å². The number of hydrogen-bond donors (Lipinski definition) is 1. The molecule has 1 rings (SSSR count). The van der Waals surface area contributed by atoms with E-state index in [0.29, 0.717) is 10.8 Å². The Hall–Kier alpha value is -0.420. The molecule has 0 spiro atoms. The van der Waals surface area contributed by atoms with Crippen LogP contribution < -0.4 is 0 Å². The third kappa shape index (κ3) is 2.59. The van der Waals surface area contributed by atoms with Gasteiger partial charge in [-0.1, -0.05) is 16.9 Å². The first-order valence-corrected chi connectivity index (χ1v) is 4.76. The van der Waals surface area contributed by atoms with E-state index >= 15 is 0 Å². The Morgan fingerprint density at radius 1 is 1.82 bits per heavy atom. The monoisotopic (exact) mass is 189 g/mol. The van der Waals surface area contributed by atoms with Crippen LogP contribution in [0, 0.1) is 0 Å². The lowest BCUT2D eigenvalue weighted by atomic mass is 10.5. The number of ketones is 1. The van der Waals surface area contributed by atoms with Crippen LogP contribution in [0.4, 0.5) is 0 Å².